The van der Waals surface area contributed by atoms with E-state index in [1.165, 1.54) is 33.5 Å². The van der Waals surface area contributed by atoms with Crippen LogP contribution in [0.15, 0.2) is 47.4 Å². The molecule has 0 atom stereocenters. The van der Waals surface area contributed by atoms with Crippen molar-refractivity contribution in [2.45, 2.75) is 23.5 Å². The Hall–Kier alpha value is -0.980. The van der Waals surface area contributed by atoms with Crippen molar-refractivity contribution in [3.63, 3.8) is 0 Å². The van der Waals surface area contributed by atoms with E-state index in [0.717, 1.165) is 43.9 Å². The molecule has 0 spiro atoms. The molecule has 1 fully saturated rings. The lowest BCUT2D eigenvalue weighted by Crippen LogP contribution is -2.41. The van der Waals surface area contributed by atoms with E-state index in [9.17, 15) is 4.79 Å². The molecule has 2 aromatic carbocycles. The van der Waals surface area contributed by atoms with Crippen LogP contribution in [0.25, 0.3) is 0 Å². The predicted octanol–water partition coefficient (Wildman–Crippen LogP) is 4.27. The number of benzene rings is 2. The third kappa shape index (κ3) is 5.30. The number of piperazine rings is 1. The molecule has 2 aliphatic heterocycles. The molecule has 0 amide bonds. The first-order valence-corrected chi connectivity index (χ1v) is 10.9. The fourth-order valence-corrected chi connectivity index (χ4v) is 5.41. The SMILES string of the molecule is CN1CCN(SC(=O)Cc2ccc3c(c2)Cc2ccccc2CS3)CC1.Cl. The maximum absolute atomic E-state index is 12.5. The molecule has 1 saturated heterocycles. The smallest absolute Gasteiger partial charge is 0.208 e. The normalized spacial score (nSPS) is 17.4. The maximum Gasteiger partial charge on any atom is 0.208 e. The summed E-state index contributed by atoms with van der Waals surface area (Å²) in [6.07, 6.45) is 1.47. The minimum Gasteiger partial charge on any atom is -0.304 e. The Morgan fingerprint density at radius 1 is 1.04 bits per heavy atom. The van der Waals surface area contributed by atoms with Gasteiger partial charge in [-0.25, -0.2) is 4.31 Å². The second kappa shape index (κ2) is 9.48. The lowest BCUT2D eigenvalue weighted by molar-refractivity contribution is -0.110. The van der Waals surface area contributed by atoms with Crippen LogP contribution in [-0.4, -0.2) is 47.5 Å². The molecule has 0 N–H and O–H groups in total. The van der Waals surface area contributed by atoms with Gasteiger partial charge in [0.1, 0.15) is 0 Å². The summed E-state index contributed by atoms with van der Waals surface area (Å²) >= 11 is 3.32. The molecule has 2 aromatic rings. The zero-order chi connectivity index (χ0) is 17.9. The van der Waals surface area contributed by atoms with E-state index in [4.69, 9.17) is 0 Å². The average molecular weight is 421 g/mol. The number of nitrogens with zero attached hydrogens (tertiary/aromatic N) is 2. The fraction of sp³-hybridized carbons (Fsp3) is 0.381. The van der Waals surface area contributed by atoms with Crippen LogP contribution in [-0.2, 0) is 23.4 Å². The first-order valence-electron chi connectivity index (χ1n) is 9.13. The van der Waals surface area contributed by atoms with Crippen LogP contribution in [0.4, 0.5) is 0 Å². The lowest BCUT2D eigenvalue weighted by Gasteiger charge is -2.30. The van der Waals surface area contributed by atoms with Gasteiger partial charge in [0.25, 0.3) is 0 Å². The molecule has 0 radical (unpaired) electrons. The van der Waals surface area contributed by atoms with Crippen LogP contribution in [0, 0.1) is 0 Å². The predicted molar refractivity (Wildman–Crippen MR) is 118 cm³/mol. The Kier molecular flexibility index (Phi) is 7.29. The van der Waals surface area contributed by atoms with Crippen LogP contribution in [0.1, 0.15) is 22.3 Å². The van der Waals surface area contributed by atoms with Gasteiger partial charge in [-0.1, -0.05) is 36.4 Å². The molecule has 0 aromatic heterocycles. The summed E-state index contributed by atoms with van der Waals surface area (Å²) in [6, 6.07) is 15.3. The zero-order valence-corrected chi connectivity index (χ0v) is 18.0. The van der Waals surface area contributed by atoms with Crippen molar-refractivity contribution < 1.29 is 4.79 Å². The summed E-state index contributed by atoms with van der Waals surface area (Å²) in [6.45, 7) is 4.00. The van der Waals surface area contributed by atoms with Crippen molar-refractivity contribution in [1.82, 2.24) is 9.21 Å². The first kappa shape index (κ1) is 20.7. The molecule has 6 heteroatoms. The highest BCUT2D eigenvalue weighted by Gasteiger charge is 2.19. The van der Waals surface area contributed by atoms with E-state index < -0.39 is 0 Å². The quantitative estimate of drug-likeness (QED) is 0.690. The van der Waals surface area contributed by atoms with Crippen molar-refractivity contribution in [3.8, 4) is 0 Å². The molecule has 4 rings (SSSR count). The molecule has 27 heavy (non-hydrogen) atoms. The average Bonchev–Trinajstić information content (AvgIpc) is 2.82. The van der Waals surface area contributed by atoms with E-state index in [-0.39, 0.29) is 17.5 Å². The molecule has 2 aliphatic rings. The van der Waals surface area contributed by atoms with Gasteiger partial charge in [-0.2, -0.15) is 0 Å². The second-order valence-corrected chi connectivity index (χ2v) is 9.22. The van der Waals surface area contributed by atoms with Crippen molar-refractivity contribution in [3.05, 3.63) is 64.7 Å². The second-order valence-electron chi connectivity index (χ2n) is 7.05. The highest BCUT2D eigenvalue weighted by molar-refractivity contribution is 8.11. The van der Waals surface area contributed by atoms with Crippen molar-refractivity contribution >= 4 is 41.2 Å². The van der Waals surface area contributed by atoms with Gasteiger partial charge in [0.2, 0.25) is 5.12 Å². The van der Waals surface area contributed by atoms with Crippen molar-refractivity contribution in [2.24, 2.45) is 0 Å². The fourth-order valence-electron chi connectivity index (χ4n) is 3.48. The van der Waals surface area contributed by atoms with Gasteiger partial charge in [-0.15, -0.1) is 24.2 Å². The minimum absolute atomic E-state index is 0. The zero-order valence-electron chi connectivity index (χ0n) is 15.5. The number of halogens is 1. The standard InChI is InChI=1S/C21H24N2OS2.ClH/c1-22-8-10-23(11-9-22)26-21(24)13-16-6-7-20-19(12-16)14-17-4-2-3-5-18(17)15-25-20;/h2-7,12H,8-11,13-15H2,1H3;1H. The molecule has 2 heterocycles. The highest BCUT2D eigenvalue weighted by Crippen LogP contribution is 2.34. The summed E-state index contributed by atoms with van der Waals surface area (Å²) in [7, 11) is 2.13. The molecule has 144 valence electrons. The number of carbonyl (C=O) groups excluding carboxylic acids is 1. The lowest BCUT2D eigenvalue weighted by atomic mass is 9.99. The van der Waals surface area contributed by atoms with Crippen LogP contribution in [0.5, 0.6) is 0 Å². The van der Waals surface area contributed by atoms with Gasteiger partial charge >= 0.3 is 0 Å². The van der Waals surface area contributed by atoms with E-state index in [1.807, 2.05) is 11.8 Å². The third-order valence-corrected chi connectivity index (χ3v) is 7.18. The van der Waals surface area contributed by atoms with E-state index in [1.54, 1.807) is 0 Å². The monoisotopic (exact) mass is 420 g/mol. The Morgan fingerprint density at radius 2 is 1.78 bits per heavy atom. The number of carbonyl (C=O) groups is 1. The molecule has 0 saturated carbocycles. The van der Waals surface area contributed by atoms with Crippen LogP contribution in [0.2, 0.25) is 0 Å². The third-order valence-electron chi connectivity index (χ3n) is 5.05. The Balaban J connectivity index is 0.00000210. The van der Waals surface area contributed by atoms with Gasteiger partial charge in [0, 0.05) is 43.2 Å². The molecule has 0 unspecified atom stereocenters. The molecule has 3 nitrogen and oxygen atoms in total. The number of hydrogen-bond donors (Lipinski definition) is 0. The topological polar surface area (TPSA) is 23.6 Å². The van der Waals surface area contributed by atoms with Crippen molar-refractivity contribution in [2.75, 3.05) is 33.2 Å². The molecule has 0 aliphatic carbocycles. The molecule has 0 bridgehead atoms. The number of fused-ring (bicyclic) bond motifs is 2. The maximum atomic E-state index is 12.5. The molecular weight excluding hydrogens is 396 g/mol. The van der Waals surface area contributed by atoms with Gasteiger partial charge < -0.3 is 4.90 Å². The summed E-state index contributed by atoms with van der Waals surface area (Å²) in [5, 5.41) is 0.246. The summed E-state index contributed by atoms with van der Waals surface area (Å²) < 4.78 is 2.21. The van der Waals surface area contributed by atoms with Crippen molar-refractivity contribution in [1.29, 1.82) is 0 Å². The Morgan fingerprint density at radius 3 is 2.56 bits per heavy atom. The molecular formula is C21H25ClN2OS2. The number of likely N-dealkylation sites (N-methyl/N-ethyl adjacent to an activating group) is 1. The van der Waals surface area contributed by atoms with E-state index in [2.05, 4.69) is 58.7 Å². The van der Waals surface area contributed by atoms with E-state index in [0.29, 0.717) is 6.42 Å². The van der Waals surface area contributed by atoms with Gasteiger partial charge in [-0.3, -0.25) is 4.79 Å². The summed E-state index contributed by atoms with van der Waals surface area (Å²) in [5.74, 6) is 1.03. The minimum atomic E-state index is 0. The summed E-state index contributed by atoms with van der Waals surface area (Å²) in [5.41, 5.74) is 5.33. The van der Waals surface area contributed by atoms with E-state index >= 15 is 0 Å². The number of hydrogen-bond acceptors (Lipinski definition) is 5. The van der Waals surface area contributed by atoms with Gasteiger partial charge in [-0.05, 0) is 53.7 Å². The van der Waals surface area contributed by atoms with Crippen LogP contribution >= 0.6 is 36.1 Å². The largest absolute Gasteiger partial charge is 0.304 e. The van der Waals surface area contributed by atoms with Crippen LogP contribution in [0.3, 0.4) is 0 Å². The van der Waals surface area contributed by atoms with Gasteiger partial charge in [0.05, 0.1) is 0 Å². The summed E-state index contributed by atoms with van der Waals surface area (Å²) in [4.78, 5) is 16.2. The number of thioether (sulfide) groups is 1. The number of rotatable bonds is 3. The Bertz CT molecular complexity index is 807. The highest BCUT2D eigenvalue weighted by atomic mass is 35.5. The van der Waals surface area contributed by atoms with Crippen LogP contribution < -0.4 is 0 Å². The Labute approximate surface area is 176 Å². The van der Waals surface area contributed by atoms with Gasteiger partial charge in [0.15, 0.2) is 0 Å². The first-order chi connectivity index (χ1) is 12.7.